The SMILES string of the molecule is O=C(Cc1ccc(F)cc1F)NCCC1=CCNCC1. The van der Waals surface area contributed by atoms with Crippen LogP contribution in [0, 0.1) is 11.6 Å². The number of hydrogen-bond donors (Lipinski definition) is 2. The van der Waals surface area contributed by atoms with Crippen molar-refractivity contribution in [3.05, 3.63) is 47.0 Å². The molecular formula is C15H18F2N2O. The zero-order valence-corrected chi connectivity index (χ0v) is 11.2. The third kappa shape index (κ3) is 4.42. The van der Waals surface area contributed by atoms with Gasteiger partial charge in [0.1, 0.15) is 11.6 Å². The molecule has 0 saturated carbocycles. The molecule has 0 radical (unpaired) electrons. The fourth-order valence-electron chi connectivity index (χ4n) is 2.16. The molecule has 0 atom stereocenters. The Kier molecular flexibility index (Phi) is 5.24. The van der Waals surface area contributed by atoms with E-state index in [0.29, 0.717) is 6.54 Å². The summed E-state index contributed by atoms with van der Waals surface area (Å²) in [6.07, 6.45) is 3.89. The van der Waals surface area contributed by atoms with Crippen LogP contribution >= 0.6 is 0 Å². The van der Waals surface area contributed by atoms with E-state index >= 15 is 0 Å². The predicted molar refractivity (Wildman–Crippen MR) is 73.3 cm³/mol. The molecule has 5 heteroatoms. The molecule has 3 nitrogen and oxygen atoms in total. The minimum absolute atomic E-state index is 0.0628. The fraction of sp³-hybridized carbons (Fsp3) is 0.400. The summed E-state index contributed by atoms with van der Waals surface area (Å²) in [5, 5.41) is 5.98. The van der Waals surface area contributed by atoms with Crippen LogP contribution in [0.1, 0.15) is 18.4 Å². The van der Waals surface area contributed by atoms with Gasteiger partial charge in [0.05, 0.1) is 6.42 Å². The van der Waals surface area contributed by atoms with Gasteiger partial charge in [0.25, 0.3) is 0 Å². The molecule has 0 bridgehead atoms. The van der Waals surface area contributed by atoms with Gasteiger partial charge in [0.15, 0.2) is 0 Å². The molecule has 108 valence electrons. The van der Waals surface area contributed by atoms with Crippen LogP contribution < -0.4 is 10.6 Å². The molecule has 1 aliphatic rings. The Morgan fingerprint density at radius 1 is 1.35 bits per heavy atom. The highest BCUT2D eigenvalue weighted by molar-refractivity contribution is 5.78. The number of hydrogen-bond acceptors (Lipinski definition) is 2. The van der Waals surface area contributed by atoms with Crippen molar-refractivity contribution in [3.63, 3.8) is 0 Å². The summed E-state index contributed by atoms with van der Waals surface area (Å²) in [6.45, 7) is 2.40. The topological polar surface area (TPSA) is 41.1 Å². The van der Waals surface area contributed by atoms with Crippen molar-refractivity contribution >= 4 is 5.91 Å². The summed E-state index contributed by atoms with van der Waals surface area (Å²) < 4.78 is 26.1. The van der Waals surface area contributed by atoms with Crippen LogP contribution in [0.15, 0.2) is 29.8 Å². The van der Waals surface area contributed by atoms with Gasteiger partial charge < -0.3 is 10.6 Å². The third-order valence-electron chi connectivity index (χ3n) is 3.29. The molecule has 0 aromatic heterocycles. The second-order valence-corrected chi connectivity index (χ2v) is 4.83. The molecule has 0 aliphatic carbocycles. The average molecular weight is 280 g/mol. The summed E-state index contributed by atoms with van der Waals surface area (Å²) in [7, 11) is 0. The molecule has 2 rings (SSSR count). The first-order valence-electron chi connectivity index (χ1n) is 6.74. The van der Waals surface area contributed by atoms with Crippen molar-refractivity contribution in [2.75, 3.05) is 19.6 Å². The number of carbonyl (C=O) groups excluding carboxylic acids is 1. The molecule has 1 aromatic carbocycles. The smallest absolute Gasteiger partial charge is 0.224 e. The van der Waals surface area contributed by atoms with Crippen molar-refractivity contribution in [2.45, 2.75) is 19.3 Å². The summed E-state index contributed by atoms with van der Waals surface area (Å²) in [4.78, 5) is 11.7. The van der Waals surface area contributed by atoms with E-state index in [4.69, 9.17) is 0 Å². The lowest BCUT2D eigenvalue weighted by molar-refractivity contribution is -0.120. The Morgan fingerprint density at radius 2 is 2.20 bits per heavy atom. The zero-order chi connectivity index (χ0) is 14.4. The molecule has 2 N–H and O–H groups in total. The summed E-state index contributed by atoms with van der Waals surface area (Å²) >= 11 is 0. The van der Waals surface area contributed by atoms with E-state index in [1.165, 1.54) is 11.6 Å². The lowest BCUT2D eigenvalue weighted by atomic mass is 10.1. The van der Waals surface area contributed by atoms with E-state index in [1.807, 2.05) is 0 Å². The summed E-state index contributed by atoms with van der Waals surface area (Å²) in [5.41, 5.74) is 1.54. The molecular weight excluding hydrogens is 262 g/mol. The first-order valence-corrected chi connectivity index (χ1v) is 6.74. The molecule has 0 spiro atoms. The van der Waals surface area contributed by atoms with Gasteiger partial charge >= 0.3 is 0 Å². The first kappa shape index (κ1) is 14.7. The average Bonchev–Trinajstić information content (AvgIpc) is 2.43. The highest BCUT2D eigenvalue weighted by Crippen LogP contribution is 2.11. The molecule has 1 amide bonds. The lowest BCUT2D eigenvalue weighted by Crippen LogP contribution is -2.28. The van der Waals surface area contributed by atoms with Crippen LogP contribution in [0.2, 0.25) is 0 Å². The number of halogens is 2. The van der Waals surface area contributed by atoms with Crippen LogP contribution in [0.5, 0.6) is 0 Å². The Labute approximate surface area is 117 Å². The number of nitrogens with one attached hydrogen (secondary N) is 2. The van der Waals surface area contributed by atoms with Gasteiger partial charge in [-0.25, -0.2) is 8.78 Å². The minimum atomic E-state index is -0.679. The zero-order valence-electron chi connectivity index (χ0n) is 11.2. The van der Waals surface area contributed by atoms with Gasteiger partial charge in [-0.3, -0.25) is 4.79 Å². The molecule has 1 heterocycles. The van der Waals surface area contributed by atoms with Crippen LogP contribution in [0.3, 0.4) is 0 Å². The van der Waals surface area contributed by atoms with Crippen molar-refractivity contribution in [2.24, 2.45) is 0 Å². The number of amides is 1. The quantitative estimate of drug-likeness (QED) is 0.809. The van der Waals surface area contributed by atoms with Gasteiger partial charge in [-0.2, -0.15) is 0 Å². The van der Waals surface area contributed by atoms with Gasteiger partial charge in [0, 0.05) is 19.2 Å². The Balaban J connectivity index is 1.76. The number of benzene rings is 1. The van der Waals surface area contributed by atoms with Crippen molar-refractivity contribution in [3.8, 4) is 0 Å². The summed E-state index contributed by atoms with van der Waals surface area (Å²) in [5.74, 6) is -1.56. The Morgan fingerprint density at radius 3 is 2.90 bits per heavy atom. The molecule has 1 aromatic rings. The minimum Gasteiger partial charge on any atom is -0.355 e. The lowest BCUT2D eigenvalue weighted by Gasteiger charge is -2.14. The highest BCUT2D eigenvalue weighted by atomic mass is 19.1. The first-order chi connectivity index (χ1) is 9.65. The predicted octanol–water partition coefficient (Wildman–Crippen LogP) is 1.93. The van der Waals surface area contributed by atoms with Crippen LogP contribution in [-0.4, -0.2) is 25.5 Å². The second-order valence-electron chi connectivity index (χ2n) is 4.83. The molecule has 0 fully saturated rings. The monoisotopic (exact) mass is 280 g/mol. The van der Waals surface area contributed by atoms with Crippen molar-refractivity contribution < 1.29 is 13.6 Å². The maximum atomic E-state index is 13.4. The maximum Gasteiger partial charge on any atom is 0.224 e. The molecule has 1 aliphatic heterocycles. The standard InChI is InChI=1S/C15H18F2N2O/c16-13-2-1-12(14(17)10-13)9-15(20)19-8-5-11-3-6-18-7-4-11/h1-3,10,18H,4-9H2,(H,19,20). The van der Waals surface area contributed by atoms with Gasteiger partial charge in [-0.1, -0.05) is 17.7 Å². The van der Waals surface area contributed by atoms with E-state index in [9.17, 15) is 13.6 Å². The number of carbonyl (C=O) groups is 1. The molecule has 0 saturated heterocycles. The highest BCUT2D eigenvalue weighted by Gasteiger charge is 2.09. The second kappa shape index (κ2) is 7.14. The van der Waals surface area contributed by atoms with E-state index in [-0.39, 0.29) is 17.9 Å². The maximum absolute atomic E-state index is 13.4. The molecule has 0 unspecified atom stereocenters. The van der Waals surface area contributed by atoms with Crippen molar-refractivity contribution in [1.29, 1.82) is 0 Å². The van der Waals surface area contributed by atoms with Crippen molar-refractivity contribution in [1.82, 2.24) is 10.6 Å². The van der Waals surface area contributed by atoms with E-state index in [0.717, 1.165) is 38.1 Å². The van der Waals surface area contributed by atoms with Crippen LogP contribution in [-0.2, 0) is 11.2 Å². The normalized spacial score (nSPS) is 14.8. The van der Waals surface area contributed by atoms with E-state index in [1.54, 1.807) is 0 Å². The van der Waals surface area contributed by atoms with Crippen LogP contribution in [0.4, 0.5) is 8.78 Å². The van der Waals surface area contributed by atoms with Gasteiger partial charge in [0.2, 0.25) is 5.91 Å². The summed E-state index contributed by atoms with van der Waals surface area (Å²) in [6, 6.07) is 3.26. The fourth-order valence-corrected chi connectivity index (χ4v) is 2.16. The van der Waals surface area contributed by atoms with Gasteiger partial charge in [-0.05, 0) is 31.0 Å². The van der Waals surface area contributed by atoms with E-state index in [2.05, 4.69) is 16.7 Å². The van der Waals surface area contributed by atoms with E-state index < -0.39 is 11.6 Å². The molecule has 20 heavy (non-hydrogen) atoms. The number of rotatable bonds is 5. The Hall–Kier alpha value is -1.75. The Bertz CT molecular complexity index is 515. The third-order valence-corrected chi connectivity index (χ3v) is 3.29. The van der Waals surface area contributed by atoms with Gasteiger partial charge in [-0.15, -0.1) is 0 Å². The van der Waals surface area contributed by atoms with Crippen LogP contribution in [0.25, 0.3) is 0 Å². The largest absolute Gasteiger partial charge is 0.355 e.